The third-order valence-electron chi connectivity index (χ3n) is 3.96. The van der Waals surface area contributed by atoms with Gasteiger partial charge in [-0.1, -0.05) is 36.4 Å². The van der Waals surface area contributed by atoms with Crippen LogP contribution in [0.15, 0.2) is 30.5 Å². The summed E-state index contributed by atoms with van der Waals surface area (Å²) in [4.78, 5) is 23.1. The Labute approximate surface area is 140 Å². The van der Waals surface area contributed by atoms with Gasteiger partial charge >= 0.3 is 5.97 Å². The van der Waals surface area contributed by atoms with Crippen LogP contribution in [0.2, 0.25) is 0 Å². The third-order valence-corrected chi connectivity index (χ3v) is 3.96. The molecule has 7 heteroatoms. The van der Waals surface area contributed by atoms with Crippen molar-refractivity contribution in [1.82, 2.24) is 20.3 Å². The second-order valence-corrected chi connectivity index (χ2v) is 6.16. The average Bonchev–Trinajstić information content (AvgIpc) is 2.99. The van der Waals surface area contributed by atoms with Crippen LogP contribution >= 0.6 is 0 Å². The number of aromatic nitrogens is 3. The lowest BCUT2D eigenvalue weighted by atomic mass is 9.83. The number of amides is 1. The van der Waals surface area contributed by atoms with E-state index >= 15 is 0 Å². The maximum Gasteiger partial charge on any atom is 0.325 e. The molecule has 2 rings (SSSR count). The van der Waals surface area contributed by atoms with Gasteiger partial charge in [0.25, 0.3) is 0 Å². The molecule has 24 heavy (non-hydrogen) atoms. The third kappa shape index (κ3) is 4.18. The minimum absolute atomic E-state index is 0.125. The Kier molecular flexibility index (Phi) is 5.33. The van der Waals surface area contributed by atoms with E-state index in [-0.39, 0.29) is 19.0 Å². The van der Waals surface area contributed by atoms with E-state index in [1.807, 2.05) is 38.1 Å². The van der Waals surface area contributed by atoms with Crippen molar-refractivity contribution in [2.45, 2.75) is 45.7 Å². The summed E-state index contributed by atoms with van der Waals surface area (Å²) in [6.07, 6.45) is 2.47. The number of hydrogen-bond acceptors (Lipinski definition) is 4. The fraction of sp³-hybridized carbons (Fsp3) is 0.412. The molecule has 0 aliphatic rings. The normalized spacial score (nSPS) is 11.3. The molecule has 2 aromatic rings. The van der Waals surface area contributed by atoms with Gasteiger partial charge in [0.1, 0.15) is 12.2 Å². The molecule has 1 aromatic carbocycles. The zero-order chi connectivity index (χ0) is 17.7. The van der Waals surface area contributed by atoms with Gasteiger partial charge in [-0.2, -0.15) is 0 Å². The molecule has 1 heterocycles. The van der Waals surface area contributed by atoms with Crippen LogP contribution in [0.5, 0.6) is 0 Å². The Morgan fingerprint density at radius 3 is 2.50 bits per heavy atom. The number of carboxylic acid groups (broad SMARTS) is 1. The standard InChI is InChI=1S/C17H22N4O3/c1-4-12-5-7-13(8-6-12)17(2,3)16(24)18-9-14-10-21(20-19-14)11-15(22)23/h5-8,10H,4,9,11H2,1-3H3,(H,18,24)(H,22,23). The van der Waals surface area contributed by atoms with Crippen LogP contribution in [0.4, 0.5) is 0 Å². The maximum absolute atomic E-state index is 12.5. The number of carbonyl (C=O) groups excluding carboxylic acids is 1. The van der Waals surface area contributed by atoms with Crippen molar-refractivity contribution < 1.29 is 14.7 Å². The van der Waals surface area contributed by atoms with E-state index in [0.29, 0.717) is 5.69 Å². The summed E-state index contributed by atoms with van der Waals surface area (Å²) in [5.41, 5.74) is 2.00. The van der Waals surface area contributed by atoms with E-state index in [2.05, 4.69) is 22.6 Å². The molecule has 0 bridgehead atoms. The number of aryl methyl sites for hydroxylation is 1. The number of aliphatic carboxylic acids is 1. The second-order valence-electron chi connectivity index (χ2n) is 6.16. The van der Waals surface area contributed by atoms with E-state index in [1.54, 1.807) is 0 Å². The van der Waals surface area contributed by atoms with Crippen LogP contribution in [0.25, 0.3) is 0 Å². The molecule has 1 amide bonds. The highest BCUT2D eigenvalue weighted by atomic mass is 16.4. The summed E-state index contributed by atoms with van der Waals surface area (Å²) in [5.74, 6) is -1.12. The van der Waals surface area contributed by atoms with Gasteiger partial charge in [0.2, 0.25) is 5.91 Å². The van der Waals surface area contributed by atoms with Gasteiger partial charge in [0, 0.05) is 0 Å². The molecule has 7 nitrogen and oxygen atoms in total. The van der Waals surface area contributed by atoms with Crippen LogP contribution in [-0.4, -0.2) is 32.0 Å². The number of benzene rings is 1. The lowest BCUT2D eigenvalue weighted by molar-refractivity contribution is -0.138. The van der Waals surface area contributed by atoms with Crippen molar-refractivity contribution in [2.75, 3.05) is 0 Å². The Morgan fingerprint density at radius 1 is 1.25 bits per heavy atom. The summed E-state index contributed by atoms with van der Waals surface area (Å²) in [5, 5.41) is 19.1. The summed E-state index contributed by atoms with van der Waals surface area (Å²) < 4.78 is 1.22. The van der Waals surface area contributed by atoms with Crippen molar-refractivity contribution in [3.8, 4) is 0 Å². The van der Waals surface area contributed by atoms with E-state index in [4.69, 9.17) is 5.11 Å². The van der Waals surface area contributed by atoms with Crippen LogP contribution in [0, 0.1) is 0 Å². The first kappa shape index (κ1) is 17.7. The molecule has 0 spiro atoms. The topological polar surface area (TPSA) is 97.1 Å². The molecule has 0 unspecified atom stereocenters. The minimum Gasteiger partial charge on any atom is -0.480 e. The van der Waals surface area contributed by atoms with Crippen molar-refractivity contribution in [1.29, 1.82) is 0 Å². The van der Waals surface area contributed by atoms with Gasteiger partial charge in [0.05, 0.1) is 18.2 Å². The van der Waals surface area contributed by atoms with Crippen LogP contribution in [0.1, 0.15) is 37.6 Å². The van der Waals surface area contributed by atoms with Gasteiger partial charge in [-0.25, -0.2) is 4.68 Å². The van der Waals surface area contributed by atoms with E-state index in [9.17, 15) is 9.59 Å². The molecule has 0 fully saturated rings. The highest BCUT2D eigenvalue weighted by Gasteiger charge is 2.29. The van der Waals surface area contributed by atoms with Crippen LogP contribution < -0.4 is 5.32 Å². The van der Waals surface area contributed by atoms with Crippen molar-refractivity contribution in [2.24, 2.45) is 0 Å². The van der Waals surface area contributed by atoms with Gasteiger partial charge in [-0.05, 0) is 31.4 Å². The number of rotatable bonds is 7. The average molecular weight is 330 g/mol. The van der Waals surface area contributed by atoms with Crippen molar-refractivity contribution >= 4 is 11.9 Å². The Bertz CT molecular complexity index is 720. The molecule has 0 saturated carbocycles. The summed E-state index contributed by atoms with van der Waals surface area (Å²) in [7, 11) is 0. The molecular formula is C17H22N4O3. The van der Waals surface area contributed by atoms with Crippen molar-refractivity contribution in [3.63, 3.8) is 0 Å². The molecule has 2 N–H and O–H groups in total. The molecular weight excluding hydrogens is 308 g/mol. The molecule has 0 aliphatic heterocycles. The largest absolute Gasteiger partial charge is 0.480 e. The van der Waals surface area contributed by atoms with E-state index < -0.39 is 11.4 Å². The predicted octanol–water partition coefficient (Wildman–Crippen LogP) is 1.52. The lowest BCUT2D eigenvalue weighted by Crippen LogP contribution is -2.39. The zero-order valence-corrected chi connectivity index (χ0v) is 14.1. The molecule has 128 valence electrons. The second kappa shape index (κ2) is 7.25. The fourth-order valence-corrected chi connectivity index (χ4v) is 2.32. The predicted molar refractivity (Wildman–Crippen MR) is 88.4 cm³/mol. The number of carbonyl (C=O) groups is 2. The van der Waals surface area contributed by atoms with Gasteiger partial charge in [0.15, 0.2) is 0 Å². The molecule has 0 radical (unpaired) electrons. The fourth-order valence-electron chi connectivity index (χ4n) is 2.32. The van der Waals surface area contributed by atoms with Gasteiger partial charge in [-0.3, -0.25) is 9.59 Å². The monoisotopic (exact) mass is 330 g/mol. The van der Waals surface area contributed by atoms with Gasteiger partial charge in [-0.15, -0.1) is 5.10 Å². The maximum atomic E-state index is 12.5. The molecule has 1 aromatic heterocycles. The Hall–Kier alpha value is -2.70. The smallest absolute Gasteiger partial charge is 0.325 e. The quantitative estimate of drug-likeness (QED) is 0.802. The molecule has 0 aliphatic carbocycles. The summed E-state index contributed by atoms with van der Waals surface area (Å²) >= 11 is 0. The number of carboxylic acids is 1. The number of nitrogens with one attached hydrogen (secondary N) is 1. The first-order chi connectivity index (χ1) is 11.3. The minimum atomic E-state index is -0.993. The highest BCUT2D eigenvalue weighted by molar-refractivity contribution is 5.87. The van der Waals surface area contributed by atoms with Crippen LogP contribution in [-0.2, 0) is 34.5 Å². The summed E-state index contributed by atoms with van der Waals surface area (Å²) in [6.45, 7) is 5.77. The first-order valence-electron chi connectivity index (χ1n) is 7.81. The lowest BCUT2D eigenvalue weighted by Gasteiger charge is -2.24. The van der Waals surface area contributed by atoms with E-state index in [1.165, 1.54) is 16.4 Å². The Balaban J connectivity index is 1.99. The first-order valence-corrected chi connectivity index (χ1v) is 7.81. The number of nitrogens with zero attached hydrogens (tertiary/aromatic N) is 3. The SMILES string of the molecule is CCc1ccc(C(C)(C)C(=O)NCc2cn(CC(=O)O)nn2)cc1. The molecule has 0 saturated heterocycles. The van der Waals surface area contributed by atoms with E-state index in [0.717, 1.165) is 12.0 Å². The van der Waals surface area contributed by atoms with Crippen LogP contribution in [0.3, 0.4) is 0 Å². The number of hydrogen-bond donors (Lipinski definition) is 2. The molecule has 0 atom stereocenters. The highest BCUT2D eigenvalue weighted by Crippen LogP contribution is 2.24. The summed E-state index contributed by atoms with van der Waals surface area (Å²) in [6, 6.07) is 8.01. The Morgan fingerprint density at radius 2 is 1.92 bits per heavy atom. The van der Waals surface area contributed by atoms with Crippen molar-refractivity contribution in [3.05, 3.63) is 47.3 Å². The zero-order valence-electron chi connectivity index (χ0n) is 14.1. The van der Waals surface area contributed by atoms with Gasteiger partial charge < -0.3 is 10.4 Å².